The molecule has 0 aromatic heterocycles. The number of amides is 1. The predicted molar refractivity (Wildman–Crippen MR) is 104 cm³/mol. The smallest absolute Gasteiger partial charge is 0.256 e. The third-order valence-corrected chi connectivity index (χ3v) is 3.77. The maximum absolute atomic E-state index is 12.5. The molecular formula is C18H27Cl2N3O2. The summed E-state index contributed by atoms with van der Waals surface area (Å²) in [7, 11) is 1.46. The van der Waals surface area contributed by atoms with E-state index in [0.717, 1.165) is 6.42 Å². The van der Waals surface area contributed by atoms with Gasteiger partial charge in [-0.3, -0.25) is 10.1 Å². The van der Waals surface area contributed by atoms with Gasteiger partial charge in [0.15, 0.2) is 0 Å². The van der Waals surface area contributed by atoms with Crippen molar-refractivity contribution in [3.63, 3.8) is 0 Å². The first-order chi connectivity index (χ1) is 11.1. The number of nitrogens with zero attached hydrogens (tertiary/aromatic N) is 1. The van der Waals surface area contributed by atoms with Gasteiger partial charge in [0.2, 0.25) is 0 Å². The molecule has 0 spiro atoms. The third kappa shape index (κ3) is 7.52. The maximum Gasteiger partial charge on any atom is 0.256 e. The zero-order valence-corrected chi connectivity index (χ0v) is 17.1. The average molecular weight is 388 g/mol. The molecule has 0 aliphatic rings. The Morgan fingerprint density at radius 3 is 2.44 bits per heavy atom. The van der Waals surface area contributed by atoms with Crippen molar-refractivity contribution in [1.29, 1.82) is 5.26 Å². The first-order valence-corrected chi connectivity index (χ1v) is 8.29. The highest BCUT2D eigenvalue weighted by Gasteiger charge is 2.20. The van der Waals surface area contributed by atoms with Crippen molar-refractivity contribution in [3.05, 3.63) is 28.3 Å². The lowest BCUT2D eigenvalue weighted by atomic mass is 9.88. The molecule has 0 aliphatic heterocycles. The summed E-state index contributed by atoms with van der Waals surface area (Å²) in [5.41, 5.74) is 0.733. The van der Waals surface area contributed by atoms with Crippen LogP contribution in [0.3, 0.4) is 0 Å². The zero-order chi connectivity index (χ0) is 18.5. The molecule has 0 radical (unpaired) electrons. The molecule has 0 saturated heterocycles. The Kier molecular flexibility index (Phi) is 9.28. The largest absolute Gasteiger partial charge is 0.496 e. The van der Waals surface area contributed by atoms with Gasteiger partial charge in [0, 0.05) is 12.1 Å². The molecule has 0 fully saturated rings. The van der Waals surface area contributed by atoms with Crippen molar-refractivity contribution in [3.8, 4) is 11.8 Å². The number of ether oxygens (including phenoxy) is 1. The second kappa shape index (κ2) is 9.86. The average Bonchev–Trinajstić information content (AvgIpc) is 2.44. The van der Waals surface area contributed by atoms with E-state index in [9.17, 15) is 4.79 Å². The van der Waals surface area contributed by atoms with Crippen molar-refractivity contribution in [2.45, 2.75) is 53.2 Å². The van der Waals surface area contributed by atoms with E-state index in [4.69, 9.17) is 21.6 Å². The molecule has 1 aromatic carbocycles. The van der Waals surface area contributed by atoms with Gasteiger partial charge in [-0.25, -0.2) is 0 Å². The Labute approximate surface area is 161 Å². The van der Waals surface area contributed by atoms with E-state index in [1.807, 2.05) is 13.0 Å². The Morgan fingerprint density at radius 2 is 1.96 bits per heavy atom. The van der Waals surface area contributed by atoms with E-state index in [1.165, 1.54) is 19.2 Å². The molecule has 25 heavy (non-hydrogen) atoms. The molecule has 0 heterocycles. The summed E-state index contributed by atoms with van der Waals surface area (Å²) >= 11 is 5.97. The maximum atomic E-state index is 12.5. The second-order valence-electron chi connectivity index (χ2n) is 7.17. The summed E-state index contributed by atoms with van der Waals surface area (Å²) in [6.45, 7) is 10.5. The predicted octanol–water partition coefficient (Wildman–Crippen LogP) is 4.13. The molecule has 1 aromatic rings. The van der Waals surface area contributed by atoms with Gasteiger partial charge in [-0.1, -0.05) is 32.4 Å². The first-order valence-electron chi connectivity index (χ1n) is 7.92. The molecule has 1 amide bonds. The number of hydrogen-bond donors (Lipinski definition) is 2. The number of nitrogens with one attached hydrogen (secondary N) is 2. The molecule has 7 heteroatoms. The van der Waals surface area contributed by atoms with Crippen molar-refractivity contribution < 1.29 is 9.53 Å². The minimum Gasteiger partial charge on any atom is -0.496 e. The molecular weight excluding hydrogens is 361 g/mol. The first kappa shape index (κ1) is 23.5. The van der Waals surface area contributed by atoms with Crippen LogP contribution in [-0.2, 0) is 0 Å². The van der Waals surface area contributed by atoms with Crippen LogP contribution in [0.15, 0.2) is 12.1 Å². The van der Waals surface area contributed by atoms with Crippen LogP contribution in [0.4, 0.5) is 0 Å². The van der Waals surface area contributed by atoms with Crippen molar-refractivity contribution in [2.75, 3.05) is 7.11 Å². The van der Waals surface area contributed by atoms with Gasteiger partial charge in [0.25, 0.3) is 5.91 Å². The lowest BCUT2D eigenvalue weighted by molar-refractivity contribution is 0.0926. The second-order valence-corrected chi connectivity index (χ2v) is 7.58. The van der Waals surface area contributed by atoms with Crippen molar-refractivity contribution in [2.24, 2.45) is 5.41 Å². The van der Waals surface area contributed by atoms with Gasteiger partial charge >= 0.3 is 0 Å². The number of hydrogen-bond acceptors (Lipinski definition) is 4. The third-order valence-electron chi connectivity index (χ3n) is 3.45. The molecule has 1 rings (SSSR count). The fourth-order valence-corrected chi connectivity index (χ4v) is 2.90. The Bertz CT molecular complexity index is 636. The van der Waals surface area contributed by atoms with E-state index >= 15 is 0 Å². The van der Waals surface area contributed by atoms with Gasteiger partial charge in [-0.05, 0) is 31.7 Å². The number of halogens is 2. The monoisotopic (exact) mass is 387 g/mol. The zero-order valence-electron chi connectivity index (χ0n) is 15.6. The number of nitriles is 1. The minimum atomic E-state index is -0.317. The van der Waals surface area contributed by atoms with Gasteiger partial charge < -0.3 is 10.1 Å². The standard InChI is InChI=1S/C18H26ClN3O2.ClH/c1-11(9-18(3,4)5)21-12(2)22-17(23)14-7-13(10-20)15(19)8-16(14)24-6;/h7-8,11-12,21H,9H2,1-6H3,(H,22,23);1H. The lowest BCUT2D eigenvalue weighted by Gasteiger charge is -2.27. The topological polar surface area (TPSA) is 74.1 Å². The normalized spacial score (nSPS) is 13.2. The Balaban J connectivity index is 0.00000576. The quantitative estimate of drug-likeness (QED) is 0.719. The van der Waals surface area contributed by atoms with E-state index in [1.54, 1.807) is 0 Å². The number of carbonyl (C=O) groups excluding carboxylic acids is 1. The van der Waals surface area contributed by atoms with E-state index in [2.05, 4.69) is 38.3 Å². The van der Waals surface area contributed by atoms with Crippen LogP contribution >= 0.6 is 24.0 Å². The summed E-state index contributed by atoms with van der Waals surface area (Å²) in [5, 5.41) is 15.6. The van der Waals surface area contributed by atoms with Crippen molar-refractivity contribution >= 4 is 29.9 Å². The molecule has 2 N–H and O–H groups in total. The highest BCUT2D eigenvalue weighted by molar-refractivity contribution is 6.32. The summed E-state index contributed by atoms with van der Waals surface area (Å²) in [6, 6.07) is 5.15. The molecule has 0 saturated carbocycles. The Morgan fingerprint density at radius 1 is 1.36 bits per heavy atom. The fourth-order valence-electron chi connectivity index (χ4n) is 2.71. The summed E-state index contributed by atoms with van der Waals surface area (Å²) in [5.74, 6) is 0.0226. The van der Waals surface area contributed by atoms with Crippen LogP contribution < -0.4 is 15.4 Å². The summed E-state index contributed by atoms with van der Waals surface area (Å²) in [6.07, 6.45) is 0.761. The molecule has 0 aliphatic carbocycles. The molecule has 5 nitrogen and oxygen atoms in total. The molecule has 2 atom stereocenters. The summed E-state index contributed by atoms with van der Waals surface area (Å²) < 4.78 is 5.20. The molecule has 2 unspecified atom stereocenters. The van der Waals surface area contributed by atoms with Crippen LogP contribution in [0.25, 0.3) is 0 Å². The molecule has 0 bridgehead atoms. The fraction of sp³-hybridized carbons (Fsp3) is 0.556. The number of methoxy groups -OCH3 is 1. The highest BCUT2D eigenvalue weighted by atomic mass is 35.5. The minimum absolute atomic E-state index is 0. The van der Waals surface area contributed by atoms with Gasteiger partial charge in [0.1, 0.15) is 11.8 Å². The van der Waals surface area contributed by atoms with Crippen LogP contribution in [0, 0.1) is 16.7 Å². The summed E-state index contributed by atoms with van der Waals surface area (Å²) in [4.78, 5) is 12.5. The van der Waals surface area contributed by atoms with Crippen LogP contribution in [0.1, 0.15) is 57.0 Å². The SMILES string of the molecule is COc1cc(Cl)c(C#N)cc1C(=O)NC(C)NC(C)CC(C)(C)C.Cl. The van der Waals surface area contributed by atoms with Gasteiger partial charge in [-0.2, -0.15) is 5.26 Å². The van der Waals surface area contributed by atoms with Gasteiger partial charge in [-0.15, -0.1) is 12.4 Å². The van der Waals surface area contributed by atoms with Crippen LogP contribution in [0.5, 0.6) is 5.75 Å². The van der Waals surface area contributed by atoms with Crippen LogP contribution in [0.2, 0.25) is 5.02 Å². The van der Waals surface area contributed by atoms with E-state index < -0.39 is 0 Å². The lowest BCUT2D eigenvalue weighted by Crippen LogP contribution is -2.47. The van der Waals surface area contributed by atoms with Crippen molar-refractivity contribution in [1.82, 2.24) is 10.6 Å². The Hall–Kier alpha value is -1.48. The number of carbonyl (C=O) groups is 1. The van der Waals surface area contributed by atoms with E-state index in [-0.39, 0.29) is 52.1 Å². The van der Waals surface area contributed by atoms with E-state index in [0.29, 0.717) is 5.75 Å². The highest BCUT2D eigenvalue weighted by Crippen LogP contribution is 2.27. The number of rotatable bonds is 6. The van der Waals surface area contributed by atoms with Gasteiger partial charge in [0.05, 0.1) is 29.4 Å². The number of benzene rings is 1. The van der Waals surface area contributed by atoms with Crippen LogP contribution in [-0.4, -0.2) is 25.2 Å². The molecule has 140 valence electrons.